The highest BCUT2D eigenvalue weighted by atomic mass is 15.2. The summed E-state index contributed by atoms with van der Waals surface area (Å²) in [5.41, 5.74) is 2.26. The van der Waals surface area contributed by atoms with Crippen LogP contribution in [0.15, 0.2) is 35.6 Å². The van der Waals surface area contributed by atoms with Gasteiger partial charge in [0.25, 0.3) is 0 Å². The molecule has 1 fully saturated rings. The van der Waals surface area contributed by atoms with Gasteiger partial charge >= 0.3 is 0 Å². The lowest BCUT2D eigenvalue weighted by molar-refractivity contribution is 0.267. The van der Waals surface area contributed by atoms with E-state index < -0.39 is 0 Å². The van der Waals surface area contributed by atoms with Gasteiger partial charge in [-0.1, -0.05) is 19.1 Å². The quantitative estimate of drug-likeness (QED) is 0.459. The Bertz CT molecular complexity index is 692. The average Bonchev–Trinajstić information content (AvgIpc) is 3.27. The first-order valence-electron chi connectivity index (χ1n) is 9.40. The number of hydrogen-bond donors (Lipinski definition) is 2. The predicted octanol–water partition coefficient (Wildman–Crippen LogP) is 2.08. The zero-order chi connectivity index (χ0) is 17.5. The molecule has 2 N–H and O–H groups in total. The molecule has 2 heterocycles. The van der Waals surface area contributed by atoms with Crippen molar-refractivity contribution in [1.29, 1.82) is 0 Å². The molecule has 1 aromatic heterocycles. The van der Waals surface area contributed by atoms with Gasteiger partial charge in [-0.3, -0.25) is 9.89 Å². The van der Waals surface area contributed by atoms with Crippen molar-refractivity contribution < 1.29 is 0 Å². The summed E-state index contributed by atoms with van der Waals surface area (Å²) in [5, 5.41) is 6.90. The third-order valence-electron chi connectivity index (χ3n) is 5.03. The molecule has 6 nitrogen and oxygen atoms in total. The number of para-hydroxylation sites is 2. The van der Waals surface area contributed by atoms with Crippen LogP contribution in [0.2, 0.25) is 0 Å². The smallest absolute Gasteiger partial charge is 0.191 e. The highest BCUT2D eigenvalue weighted by molar-refractivity contribution is 5.79. The summed E-state index contributed by atoms with van der Waals surface area (Å²) >= 11 is 0. The highest BCUT2D eigenvalue weighted by Crippen LogP contribution is 2.15. The molecule has 1 unspecified atom stereocenters. The number of fused-ring (bicyclic) bond motifs is 1. The SMILES string of the molecule is CCN1CCCC1CNC(=NC)NCCCn1cnc2ccccc21. The van der Waals surface area contributed by atoms with Crippen molar-refractivity contribution in [2.45, 2.75) is 38.8 Å². The number of nitrogens with one attached hydrogen (secondary N) is 2. The van der Waals surface area contributed by atoms with Crippen LogP contribution in [0.3, 0.4) is 0 Å². The molecule has 1 saturated heterocycles. The Morgan fingerprint density at radius 2 is 2.20 bits per heavy atom. The summed E-state index contributed by atoms with van der Waals surface area (Å²) in [4.78, 5) is 11.3. The molecule has 2 aromatic rings. The third kappa shape index (κ3) is 4.51. The molecule has 0 radical (unpaired) electrons. The van der Waals surface area contributed by atoms with Crippen LogP contribution in [0.1, 0.15) is 26.2 Å². The van der Waals surface area contributed by atoms with Crippen LogP contribution in [-0.4, -0.2) is 59.7 Å². The second-order valence-electron chi connectivity index (χ2n) is 6.58. The van der Waals surface area contributed by atoms with E-state index >= 15 is 0 Å². The standard InChI is InChI=1S/C19H30N6/c1-3-24-12-6-8-16(24)14-22-19(20-2)21-11-7-13-25-15-23-17-9-4-5-10-18(17)25/h4-5,9-10,15-16H,3,6-8,11-14H2,1-2H3,(H2,20,21,22). The summed E-state index contributed by atoms with van der Waals surface area (Å²) in [7, 11) is 1.84. The van der Waals surface area contributed by atoms with Crippen molar-refractivity contribution in [2.24, 2.45) is 4.99 Å². The van der Waals surface area contributed by atoms with E-state index in [2.05, 4.69) is 55.2 Å². The Balaban J connectivity index is 1.40. The van der Waals surface area contributed by atoms with E-state index in [1.54, 1.807) is 0 Å². The number of imidazole rings is 1. The average molecular weight is 342 g/mol. The highest BCUT2D eigenvalue weighted by Gasteiger charge is 2.22. The zero-order valence-electron chi connectivity index (χ0n) is 15.4. The normalized spacial score (nSPS) is 18.8. The van der Waals surface area contributed by atoms with Crippen molar-refractivity contribution in [3.63, 3.8) is 0 Å². The molecule has 136 valence electrons. The summed E-state index contributed by atoms with van der Waals surface area (Å²) in [5.74, 6) is 0.901. The van der Waals surface area contributed by atoms with Crippen molar-refractivity contribution in [1.82, 2.24) is 25.1 Å². The predicted molar refractivity (Wildman–Crippen MR) is 104 cm³/mol. The summed E-state index contributed by atoms with van der Waals surface area (Å²) < 4.78 is 2.21. The maximum absolute atomic E-state index is 4.44. The zero-order valence-corrected chi connectivity index (χ0v) is 15.4. The Hall–Kier alpha value is -2.08. The van der Waals surface area contributed by atoms with Crippen molar-refractivity contribution in [3.8, 4) is 0 Å². The van der Waals surface area contributed by atoms with E-state index in [-0.39, 0.29) is 0 Å². The van der Waals surface area contributed by atoms with E-state index in [0.717, 1.165) is 44.1 Å². The second-order valence-corrected chi connectivity index (χ2v) is 6.58. The van der Waals surface area contributed by atoms with Gasteiger partial charge in [-0.05, 0) is 44.5 Å². The fourth-order valence-electron chi connectivity index (χ4n) is 3.62. The van der Waals surface area contributed by atoms with Gasteiger partial charge in [0.05, 0.1) is 17.4 Å². The molecule has 1 aliphatic heterocycles. The molecule has 0 bridgehead atoms. The molecule has 3 rings (SSSR count). The van der Waals surface area contributed by atoms with Gasteiger partial charge < -0.3 is 15.2 Å². The molecule has 1 aromatic carbocycles. The van der Waals surface area contributed by atoms with Crippen LogP contribution in [0.25, 0.3) is 11.0 Å². The molecule has 0 amide bonds. The van der Waals surface area contributed by atoms with Gasteiger partial charge in [-0.2, -0.15) is 0 Å². The molecule has 1 atom stereocenters. The van der Waals surface area contributed by atoms with Crippen LogP contribution in [0.5, 0.6) is 0 Å². The number of aryl methyl sites for hydroxylation is 1. The number of aliphatic imine (C=N–C) groups is 1. The van der Waals surface area contributed by atoms with Crippen LogP contribution in [0, 0.1) is 0 Å². The number of likely N-dealkylation sites (tertiary alicyclic amines) is 1. The van der Waals surface area contributed by atoms with Gasteiger partial charge in [-0.25, -0.2) is 4.98 Å². The Morgan fingerprint density at radius 3 is 3.04 bits per heavy atom. The first-order valence-corrected chi connectivity index (χ1v) is 9.40. The summed E-state index contributed by atoms with van der Waals surface area (Å²) in [6.07, 6.45) is 5.55. The number of nitrogens with zero attached hydrogens (tertiary/aromatic N) is 4. The number of guanidine groups is 1. The number of aromatic nitrogens is 2. The minimum atomic E-state index is 0.640. The maximum atomic E-state index is 4.44. The lowest BCUT2D eigenvalue weighted by Gasteiger charge is -2.24. The lowest BCUT2D eigenvalue weighted by atomic mass is 10.2. The van der Waals surface area contributed by atoms with Crippen molar-refractivity contribution >= 4 is 17.0 Å². The minimum absolute atomic E-state index is 0.640. The Kier molecular flexibility index (Phi) is 6.28. The molecule has 1 aliphatic rings. The lowest BCUT2D eigenvalue weighted by Crippen LogP contribution is -2.45. The first-order chi connectivity index (χ1) is 12.3. The maximum Gasteiger partial charge on any atom is 0.191 e. The summed E-state index contributed by atoms with van der Waals surface area (Å²) in [6.45, 7) is 7.43. The fourth-order valence-corrected chi connectivity index (χ4v) is 3.62. The Labute approximate surface area is 150 Å². The Morgan fingerprint density at radius 1 is 1.32 bits per heavy atom. The molecule has 0 saturated carbocycles. The molecule has 25 heavy (non-hydrogen) atoms. The second kappa shape index (κ2) is 8.85. The van der Waals surface area contributed by atoms with Crippen LogP contribution in [-0.2, 0) is 6.54 Å². The number of hydrogen-bond acceptors (Lipinski definition) is 3. The van der Waals surface area contributed by atoms with Crippen LogP contribution >= 0.6 is 0 Å². The number of likely N-dealkylation sites (N-methyl/N-ethyl adjacent to an activating group) is 1. The van der Waals surface area contributed by atoms with Gasteiger partial charge in [0, 0.05) is 32.7 Å². The third-order valence-corrected chi connectivity index (χ3v) is 5.03. The van der Waals surface area contributed by atoms with E-state index in [1.165, 1.54) is 24.9 Å². The number of benzene rings is 1. The molecular weight excluding hydrogens is 312 g/mol. The largest absolute Gasteiger partial charge is 0.356 e. The minimum Gasteiger partial charge on any atom is -0.356 e. The van der Waals surface area contributed by atoms with E-state index in [9.17, 15) is 0 Å². The molecule has 6 heteroatoms. The molecule has 0 spiro atoms. The number of rotatable bonds is 7. The van der Waals surface area contributed by atoms with Crippen molar-refractivity contribution in [2.75, 3.05) is 33.2 Å². The molecule has 0 aliphatic carbocycles. The monoisotopic (exact) mass is 342 g/mol. The molecular formula is C19H30N6. The van der Waals surface area contributed by atoms with E-state index in [1.807, 2.05) is 19.4 Å². The van der Waals surface area contributed by atoms with Crippen molar-refractivity contribution in [3.05, 3.63) is 30.6 Å². The first kappa shape index (κ1) is 17.7. The van der Waals surface area contributed by atoms with Gasteiger partial charge in [0.1, 0.15) is 0 Å². The van der Waals surface area contributed by atoms with Gasteiger partial charge in [-0.15, -0.1) is 0 Å². The van der Waals surface area contributed by atoms with Gasteiger partial charge in [0.2, 0.25) is 0 Å². The van der Waals surface area contributed by atoms with E-state index in [0.29, 0.717) is 6.04 Å². The summed E-state index contributed by atoms with van der Waals surface area (Å²) in [6, 6.07) is 8.91. The van der Waals surface area contributed by atoms with Gasteiger partial charge in [0.15, 0.2) is 5.96 Å². The topological polar surface area (TPSA) is 57.5 Å². The van der Waals surface area contributed by atoms with Crippen LogP contribution < -0.4 is 10.6 Å². The van der Waals surface area contributed by atoms with Crippen LogP contribution in [0.4, 0.5) is 0 Å². The fraction of sp³-hybridized carbons (Fsp3) is 0.579. The van der Waals surface area contributed by atoms with E-state index in [4.69, 9.17) is 0 Å².